The van der Waals surface area contributed by atoms with Crippen molar-refractivity contribution in [2.24, 2.45) is 0 Å². The second-order valence-corrected chi connectivity index (χ2v) is 5.71. The summed E-state index contributed by atoms with van der Waals surface area (Å²) in [6.45, 7) is 2.19. The highest BCUT2D eigenvalue weighted by molar-refractivity contribution is 7.99. The van der Waals surface area contributed by atoms with Crippen LogP contribution >= 0.6 is 23.4 Å². The maximum absolute atomic E-state index is 6.41. The third kappa shape index (κ3) is 2.56. The van der Waals surface area contributed by atoms with Crippen LogP contribution in [0.25, 0.3) is 0 Å². The number of benzene rings is 1. The second-order valence-electron chi connectivity index (χ2n) is 4.19. The number of ether oxygens (including phenoxy) is 2. The molecule has 1 heterocycles. The van der Waals surface area contributed by atoms with E-state index >= 15 is 0 Å². The Morgan fingerprint density at radius 3 is 2.72 bits per heavy atom. The van der Waals surface area contributed by atoms with Gasteiger partial charge in [-0.25, -0.2) is 0 Å². The van der Waals surface area contributed by atoms with Crippen molar-refractivity contribution in [3.05, 3.63) is 22.7 Å². The minimum absolute atomic E-state index is 0.238. The molecular weight excluding hydrogens is 270 g/mol. The molecule has 0 radical (unpaired) electrons. The Hall–Kier alpha value is -0.580. The molecule has 5 heteroatoms. The SMILES string of the molecule is CCC1CSC(c2ccc(OC)c(OC)c2Cl)N1. The first-order chi connectivity index (χ1) is 8.71. The molecule has 1 aromatic rings. The van der Waals surface area contributed by atoms with E-state index in [-0.39, 0.29) is 5.37 Å². The highest BCUT2D eigenvalue weighted by atomic mass is 35.5. The summed E-state index contributed by atoms with van der Waals surface area (Å²) in [7, 11) is 3.22. The van der Waals surface area contributed by atoms with Crippen LogP contribution in [0.4, 0.5) is 0 Å². The molecule has 1 aliphatic rings. The summed E-state index contributed by atoms with van der Waals surface area (Å²) in [5.74, 6) is 2.39. The molecule has 1 N–H and O–H groups in total. The zero-order valence-corrected chi connectivity index (χ0v) is 12.4. The van der Waals surface area contributed by atoms with Crippen molar-refractivity contribution in [2.75, 3.05) is 20.0 Å². The van der Waals surface area contributed by atoms with E-state index < -0.39 is 0 Å². The Kier molecular flexibility index (Phi) is 4.65. The van der Waals surface area contributed by atoms with Crippen molar-refractivity contribution in [1.82, 2.24) is 5.32 Å². The Bertz CT molecular complexity index is 428. The van der Waals surface area contributed by atoms with Crippen molar-refractivity contribution in [3.8, 4) is 11.5 Å². The lowest BCUT2D eigenvalue weighted by atomic mass is 10.1. The molecule has 100 valence electrons. The van der Waals surface area contributed by atoms with Crippen LogP contribution in [0, 0.1) is 0 Å². The smallest absolute Gasteiger partial charge is 0.179 e. The standard InChI is InChI=1S/C13H18ClNO2S/c1-4-8-7-18-13(15-8)9-5-6-10(16-2)12(17-3)11(9)14/h5-6,8,13,15H,4,7H2,1-3H3. The molecule has 1 saturated heterocycles. The van der Waals surface area contributed by atoms with E-state index in [1.54, 1.807) is 14.2 Å². The summed E-state index contributed by atoms with van der Waals surface area (Å²) < 4.78 is 10.6. The van der Waals surface area contributed by atoms with Crippen molar-refractivity contribution in [2.45, 2.75) is 24.8 Å². The van der Waals surface area contributed by atoms with Gasteiger partial charge in [0.15, 0.2) is 11.5 Å². The number of methoxy groups -OCH3 is 2. The van der Waals surface area contributed by atoms with Gasteiger partial charge in [-0.15, -0.1) is 11.8 Å². The lowest BCUT2D eigenvalue weighted by Gasteiger charge is -2.17. The largest absolute Gasteiger partial charge is 0.493 e. The maximum atomic E-state index is 6.41. The summed E-state index contributed by atoms with van der Waals surface area (Å²) in [4.78, 5) is 0. The van der Waals surface area contributed by atoms with Gasteiger partial charge in [0.1, 0.15) is 0 Å². The average Bonchev–Trinajstić information content (AvgIpc) is 2.86. The molecule has 18 heavy (non-hydrogen) atoms. The van der Waals surface area contributed by atoms with E-state index in [2.05, 4.69) is 12.2 Å². The van der Waals surface area contributed by atoms with Crippen LogP contribution < -0.4 is 14.8 Å². The predicted molar refractivity (Wildman–Crippen MR) is 77.0 cm³/mol. The lowest BCUT2D eigenvalue weighted by Crippen LogP contribution is -2.24. The van der Waals surface area contributed by atoms with Crippen LogP contribution in [0.5, 0.6) is 11.5 Å². The Labute approximate surface area is 117 Å². The highest BCUT2D eigenvalue weighted by Crippen LogP contribution is 2.44. The van der Waals surface area contributed by atoms with Gasteiger partial charge in [-0.1, -0.05) is 24.6 Å². The van der Waals surface area contributed by atoms with Gasteiger partial charge in [0.2, 0.25) is 0 Å². The van der Waals surface area contributed by atoms with Crippen LogP contribution in [0.2, 0.25) is 5.02 Å². The van der Waals surface area contributed by atoms with E-state index in [0.717, 1.165) is 17.7 Å². The zero-order valence-electron chi connectivity index (χ0n) is 10.8. The topological polar surface area (TPSA) is 30.5 Å². The van der Waals surface area contributed by atoms with Crippen molar-refractivity contribution >= 4 is 23.4 Å². The van der Waals surface area contributed by atoms with Gasteiger partial charge in [-0.2, -0.15) is 0 Å². The van der Waals surface area contributed by atoms with Gasteiger partial charge in [0.25, 0.3) is 0 Å². The third-order valence-corrected chi connectivity index (χ3v) is 4.85. The first-order valence-electron chi connectivity index (χ1n) is 5.99. The molecule has 1 aromatic carbocycles. The molecule has 0 spiro atoms. The molecule has 1 fully saturated rings. The highest BCUT2D eigenvalue weighted by Gasteiger charge is 2.27. The Morgan fingerprint density at radius 2 is 2.17 bits per heavy atom. The summed E-state index contributed by atoms with van der Waals surface area (Å²) in [5.41, 5.74) is 1.07. The number of hydrogen-bond donors (Lipinski definition) is 1. The van der Waals surface area contributed by atoms with Crippen molar-refractivity contribution < 1.29 is 9.47 Å². The molecule has 0 saturated carbocycles. The maximum Gasteiger partial charge on any atom is 0.179 e. The fraction of sp³-hybridized carbons (Fsp3) is 0.538. The number of hydrogen-bond acceptors (Lipinski definition) is 4. The van der Waals surface area contributed by atoms with E-state index in [0.29, 0.717) is 22.6 Å². The molecule has 0 aromatic heterocycles. The number of halogens is 1. The van der Waals surface area contributed by atoms with E-state index in [4.69, 9.17) is 21.1 Å². The molecule has 2 atom stereocenters. The summed E-state index contributed by atoms with van der Waals surface area (Å²) >= 11 is 8.29. The molecular formula is C13H18ClNO2S. The summed E-state index contributed by atoms with van der Waals surface area (Å²) in [6.07, 6.45) is 1.13. The van der Waals surface area contributed by atoms with Crippen molar-refractivity contribution in [1.29, 1.82) is 0 Å². The average molecular weight is 288 g/mol. The fourth-order valence-electron chi connectivity index (χ4n) is 2.04. The van der Waals surface area contributed by atoms with E-state index in [1.807, 2.05) is 23.9 Å². The van der Waals surface area contributed by atoms with Gasteiger partial charge in [-0.05, 0) is 12.5 Å². The van der Waals surface area contributed by atoms with Gasteiger partial charge in [0.05, 0.1) is 24.6 Å². The van der Waals surface area contributed by atoms with Gasteiger partial charge in [0, 0.05) is 17.4 Å². The normalized spacial score (nSPS) is 23.1. The molecule has 0 amide bonds. The predicted octanol–water partition coefficient (Wildman–Crippen LogP) is 3.47. The first kappa shape index (κ1) is 13.8. The van der Waals surface area contributed by atoms with Crippen molar-refractivity contribution in [3.63, 3.8) is 0 Å². The van der Waals surface area contributed by atoms with Gasteiger partial charge < -0.3 is 9.47 Å². The minimum Gasteiger partial charge on any atom is -0.493 e. The summed E-state index contributed by atoms with van der Waals surface area (Å²) in [5, 5.41) is 4.44. The molecule has 0 aliphatic carbocycles. The fourth-order valence-corrected chi connectivity index (χ4v) is 3.87. The molecule has 0 bridgehead atoms. The second kappa shape index (κ2) is 6.04. The van der Waals surface area contributed by atoms with Gasteiger partial charge >= 0.3 is 0 Å². The molecule has 2 unspecified atom stereocenters. The van der Waals surface area contributed by atoms with Crippen LogP contribution in [-0.4, -0.2) is 26.0 Å². The summed E-state index contributed by atoms with van der Waals surface area (Å²) in [6, 6.07) is 4.47. The Morgan fingerprint density at radius 1 is 1.39 bits per heavy atom. The Balaban J connectivity index is 2.29. The molecule has 1 aliphatic heterocycles. The van der Waals surface area contributed by atoms with Crippen LogP contribution in [0.3, 0.4) is 0 Å². The van der Waals surface area contributed by atoms with E-state index in [9.17, 15) is 0 Å². The number of rotatable bonds is 4. The first-order valence-corrected chi connectivity index (χ1v) is 7.42. The van der Waals surface area contributed by atoms with Gasteiger partial charge in [-0.3, -0.25) is 5.32 Å². The molecule has 3 nitrogen and oxygen atoms in total. The number of nitrogens with one attached hydrogen (secondary N) is 1. The quantitative estimate of drug-likeness (QED) is 0.918. The van der Waals surface area contributed by atoms with Crippen LogP contribution in [0.15, 0.2) is 12.1 Å². The van der Waals surface area contributed by atoms with E-state index in [1.165, 1.54) is 0 Å². The van der Waals surface area contributed by atoms with Crippen LogP contribution in [-0.2, 0) is 0 Å². The minimum atomic E-state index is 0.238. The zero-order chi connectivity index (χ0) is 13.1. The van der Waals surface area contributed by atoms with Crippen LogP contribution in [0.1, 0.15) is 24.3 Å². The lowest BCUT2D eigenvalue weighted by molar-refractivity contribution is 0.354. The number of thioether (sulfide) groups is 1. The monoisotopic (exact) mass is 287 g/mol. The molecule has 2 rings (SSSR count). The third-order valence-electron chi connectivity index (χ3n) is 3.14.